The van der Waals surface area contributed by atoms with E-state index in [0.29, 0.717) is 29.8 Å². The largest absolute Gasteiger partial charge is 0.385 e. The van der Waals surface area contributed by atoms with E-state index < -0.39 is 0 Å². The van der Waals surface area contributed by atoms with Gasteiger partial charge in [0.25, 0.3) is 0 Å². The SMILES string of the molecule is C=C(NCCCN)c1cc(C=O)cc(C(=O)CC)c1.CC.CCCCCC.CCCCCCC. The molecule has 0 heterocycles. The molecule has 0 bridgehead atoms. The zero-order valence-electron chi connectivity index (χ0n) is 23.6. The molecule has 0 saturated heterocycles. The molecule has 4 heteroatoms. The summed E-state index contributed by atoms with van der Waals surface area (Å²) in [6.07, 6.45) is 14.5. The van der Waals surface area contributed by atoms with Crippen molar-refractivity contribution in [1.29, 1.82) is 0 Å². The van der Waals surface area contributed by atoms with Crippen LogP contribution in [0, 0.1) is 0 Å². The Labute approximate surface area is 212 Å². The zero-order valence-corrected chi connectivity index (χ0v) is 23.6. The first-order valence-corrected chi connectivity index (χ1v) is 13.7. The minimum absolute atomic E-state index is 0.0136. The molecule has 4 nitrogen and oxygen atoms in total. The topological polar surface area (TPSA) is 72.2 Å². The van der Waals surface area contributed by atoms with Crippen molar-refractivity contribution in [3.8, 4) is 0 Å². The van der Waals surface area contributed by atoms with Gasteiger partial charge in [-0.3, -0.25) is 9.59 Å². The summed E-state index contributed by atoms with van der Waals surface area (Å²) in [5.41, 5.74) is 7.91. The van der Waals surface area contributed by atoms with Gasteiger partial charge >= 0.3 is 0 Å². The van der Waals surface area contributed by atoms with Crippen LogP contribution < -0.4 is 11.1 Å². The average Bonchev–Trinajstić information content (AvgIpc) is 2.89. The lowest BCUT2D eigenvalue weighted by Crippen LogP contribution is -2.16. The second kappa shape index (κ2) is 29.1. The van der Waals surface area contributed by atoms with Crippen LogP contribution in [0.15, 0.2) is 24.8 Å². The van der Waals surface area contributed by atoms with E-state index in [0.717, 1.165) is 24.8 Å². The standard InChI is InChI=1S/C15H20N2O2.C7H16.C6H14.C2H6/c1-3-15(19)14-8-12(10-18)7-13(9-14)11(2)17-6-4-5-16;1-3-5-7-6-4-2;1-3-5-6-4-2;1-2/h7-10,17H,2-6,16H2,1H3;3-7H2,1-2H3;3-6H2,1-2H3;1-2H3. The number of carbonyl (C=O) groups excluding carboxylic acids is 2. The van der Waals surface area contributed by atoms with Crippen LogP contribution in [0.5, 0.6) is 0 Å². The molecule has 0 aliphatic rings. The highest BCUT2D eigenvalue weighted by Crippen LogP contribution is 2.16. The smallest absolute Gasteiger partial charge is 0.162 e. The van der Waals surface area contributed by atoms with E-state index >= 15 is 0 Å². The Hall–Kier alpha value is -1.94. The number of rotatable bonds is 15. The van der Waals surface area contributed by atoms with Gasteiger partial charge in [-0.1, -0.05) is 113 Å². The molecule has 3 N–H and O–H groups in total. The van der Waals surface area contributed by atoms with Gasteiger partial charge in [-0.2, -0.15) is 0 Å². The van der Waals surface area contributed by atoms with Crippen LogP contribution in [0.3, 0.4) is 0 Å². The molecule has 198 valence electrons. The van der Waals surface area contributed by atoms with E-state index in [4.69, 9.17) is 5.73 Å². The second-order valence-electron chi connectivity index (χ2n) is 8.05. The fraction of sp³-hybridized carbons (Fsp3) is 0.667. The molecule has 0 saturated carbocycles. The summed E-state index contributed by atoms with van der Waals surface area (Å²) in [7, 11) is 0. The molecule has 0 radical (unpaired) electrons. The van der Waals surface area contributed by atoms with Gasteiger partial charge in [0.15, 0.2) is 5.78 Å². The molecule has 0 aliphatic heterocycles. The number of nitrogens with one attached hydrogen (secondary N) is 1. The molecule has 0 spiro atoms. The number of hydrogen-bond donors (Lipinski definition) is 2. The van der Waals surface area contributed by atoms with Crippen molar-refractivity contribution in [2.75, 3.05) is 13.1 Å². The molecule has 1 aromatic carbocycles. The van der Waals surface area contributed by atoms with Crippen molar-refractivity contribution in [1.82, 2.24) is 5.32 Å². The van der Waals surface area contributed by atoms with E-state index in [1.54, 1.807) is 25.1 Å². The first kappa shape index (κ1) is 36.6. The number of carbonyl (C=O) groups is 2. The molecular formula is C30H56N2O2. The van der Waals surface area contributed by atoms with Crippen LogP contribution in [-0.4, -0.2) is 25.2 Å². The first-order valence-electron chi connectivity index (χ1n) is 13.7. The number of ketones is 1. The minimum atomic E-state index is 0.0136. The Balaban J connectivity index is -0.000000527. The summed E-state index contributed by atoms with van der Waals surface area (Å²) >= 11 is 0. The van der Waals surface area contributed by atoms with Gasteiger partial charge in [0.05, 0.1) is 0 Å². The van der Waals surface area contributed by atoms with Gasteiger partial charge in [-0.15, -0.1) is 0 Å². The number of hydrogen-bond acceptors (Lipinski definition) is 4. The molecular weight excluding hydrogens is 420 g/mol. The second-order valence-corrected chi connectivity index (χ2v) is 8.05. The molecule has 0 aliphatic carbocycles. The van der Waals surface area contributed by atoms with Gasteiger partial charge in [-0.05, 0) is 36.7 Å². The Kier molecular flexibility index (Phi) is 31.3. The van der Waals surface area contributed by atoms with Gasteiger partial charge in [0.1, 0.15) is 6.29 Å². The summed E-state index contributed by atoms with van der Waals surface area (Å²) in [5, 5.41) is 3.13. The van der Waals surface area contributed by atoms with Gasteiger partial charge in [0, 0.05) is 29.8 Å². The van der Waals surface area contributed by atoms with Crippen LogP contribution in [0.25, 0.3) is 5.70 Å². The van der Waals surface area contributed by atoms with Crippen molar-refractivity contribution in [2.45, 2.75) is 119 Å². The predicted octanol–water partition coefficient (Wildman–Crippen LogP) is 8.59. The van der Waals surface area contributed by atoms with E-state index in [1.807, 2.05) is 13.8 Å². The Morgan fingerprint density at radius 1 is 0.824 bits per heavy atom. The molecule has 0 unspecified atom stereocenters. The molecule has 0 amide bonds. The monoisotopic (exact) mass is 476 g/mol. The number of Topliss-reactive ketones (excluding diaryl/α,β-unsaturated/α-hetero) is 1. The van der Waals surface area contributed by atoms with E-state index in [2.05, 4.69) is 39.6 Å². The quantitative estimate of drug-likeness (QED) is 0.151. The average molecular weight is 477 g/mol. The third-order valence-corrected chi connectivity index (χ3v) is 4.97. The molecule has 1 rings (SSSR count). The Morgan fingerprint density at radius 3 is 1.71 bits per heavy atom. The normalized spacial score (nSPS) is 9.29. The minimum Gasteiger partial charge on any atom is -0.385 e. The Bertz CT molecular complexity index is 604. The first-order chi connectivity index (χ1) is 16.4. The summed E-state index contributed by atoms with van der Waals surface area (Å²) in [6.45, 7) is 20.0. The van der Waals surface area contributed by atoms with Crippen molar-refractivity contribution in [2.24, 2.45) is 5.73 Å². The number of benzene rings is 1. The lowest BCUT2D eigenvalue weighted by Gasteiger charge is -2.11. The van der Waals surface area contributed by atoms with Gasteiger partial charge < -0.3 is 11.1 Å². The van der Waals surface area contributed by atoms with E-state index in [-0.39, 0.29) is 5.78 Å². The van der Waals surface area contributed by atoms with Crippen molar-refractivity contribution >= 4 is 17.8 Å². The fourth-order valence-corrected chi connectivity index (χ4v) is 2.88. The van der Waals surface area contributed by atoms with Crippen LogP contribution in [0.4, 0.5) is 0 Å². The van der Waals surface area contributed by atoms with Crippen molar-refractivity contribution < 1.29 is 9.59 Å². The number of unbranched alkanes of at least 4 members (excludes halogenated alkanes) is 7. The van der Waals surface area contributed by atoms with Crippen molar-refractivity contribution in [3.05, 3.63) is 41.5 Å². The molecule has 0 atom stereocenters. The summed E-state index contributed by atoms with van der Waals surface area (Å²) in [5.74, 6) is 0.0136. The third kappa shape index (κ3) is 21.9. The zero-order chi connectivity index (χ0) is 26.6. The lowest BCUT2D eigenvalue weighted by atomic mass is 10.0. The lowest BCUT2D eigenvalue weighted by molar-refractivity contribution is 0.0988. The predicted molar refractivity (Wildman–Crippen MR) is 153 cm³/mol. The van der Waals surface area contributed by atoms with Gasteiger partial charge in [0.2, 0.25) is 0 Å². The maximum atomic E-state index is 11.7. The van der Waals surface area contributed by atoms with Gasteiger partial charge in [-0.25, -0.2) is 0 Å². The highest BCUT2D eigenvalue weighted by Gasteiger charge is 2.08. The van der Waals surface area contributed by atoms with Crippen LogP contribution in [-0.2, 0) is 0 Å². The van der Waals surface area contributed by atoms with Crippen LogP contribution in [0.1, 0.15) is 145 Å². The molecule has 0 aromatic heterocycles. The summed E-state index contributed by atoms with van der Waals surface area (Å²) < 4.78 is 0. The molecule has 1 aromatic rings. The summed E-state index contributed by atoms with van der Waals surface area (Å²) in [6, 6.07) is 5.09. The fourth-order valence-electron chi connectivity index (χ4n) is 2.88. The highest BCUT2D eigenvalue weighted by atomic mass is 16.1. The maximum Gasteiger partial charge on any atom is 0.162 e. The highest BCUT2D eigenvalue weighted by molar-refractivity contribution is 5.98. The summed E-state index contributed by atoms with van der Waals surface area (Å²) in [4.78, 5) is 22.7. The number of nitrogens with two attached hydrogens (primary N) is 1. The molecule has 0 fully saturated rings. The van der Waals surface area contributed by atoms with E-state index in [9.17, 15) is 9.59 Å². The molecule has 34 heavy (non-hydrogen) atoms. The van der Waals surface area contributed by atoms with E-state index in [1.165, 1.54) is 57.8 Å². The third-order valence-electron chi connectivity index (χ3n) is 4.97. The maximum absolute atomic E-state index is 11.7. The van der Waals surface area contributed by atoms with Crippen LogP contribution >= 0.6 is 0 Å². The van der Waals surface area contributed by atoms with Crippen molar-refractivity contribution in [3.63, 3.8) is 0 Å². The Morgan fingerprint density at radius 2 is 1.29 bits per heavy atom. The number of aldehydes is 1. The van der Waals surface area contributed by atoms with Crippen LogP contribution in [0.2, 0.25) is 0 Å².